The molecule has 4 nitrogen and oxygen atoms in total. The normalized spacial score (nSPS) is 11.9. The standard InChI is InChI=1S/C20H17ClFN3OS/c1-12-10-18(14-6-4-3-5-7-14)25-20(23-12)27-13(2)19(26)24-17-9-8-15(22)11-16(17)21/h3-11,13H,1-2H3,(H,24,26)/t13-/m0/s1. The second-order valence-electron chi connectivity index (χ2n) is 5.92. The first-order chi connectivity index (χ1) is 12.9. The number of aryl methyl sites for hydroxylation is 1. The van der Waals surface area contributed by atoms with E-state index in [1.54, 1.807) is 6.92 Å². The van der Waals surface area contributed by atoms with Gasteiger partial charge in [-0.3, -0.25) is 4.79 Å². The highest BCUT2D eigenvalue weighted by atomic mass is 35.5. The molecule has 0 saturated carbocycles. The largest absolute Gasteiger partial charge is 0.324 e. The Hall–Kier alpha value is -2.44. The molecule has 1 N–H and O–H groups in total. The van der Waals surface area contributed by atoms with Crippen molar-refractivity contribution in [3.8, 4) is 11.3 Å². The number of rotatable bonds is 5. The van der Waals surface area contributed by atoms with Crippen LogP contribution in [0.1, 0.15) is 12.6 Å². The molecule has 138 valence electrons. The number of hydrogen-bond acceptors (Lipinski definition) is 4. The molecule has 0 fully saturated rings. The monoisotopic (exact) mass is 401 g/mol. The number of aromatic nitrogens is 2. The molecule has 0 saturated heterocycles. The molecule has 1 aromatic heterocycles. The van der Waals surface area contributed by atoms with Crippen molar-refractivity contribution in [2.75, 3.05) is 5.32 Å². The van der Waals surface area contributed by atoms with Gasteiger partial charge in [-0.15, -0.1) is 0 Å². The van der Waals surface area contributed by atoms with E-state index >= 15 is 0 Å². The summed E-state index contributed by atoms with van der Waals surface area (Å²) in [5, 5.41) is 2.91. The van der Waals surface area contributed by atoms with Gasteiger partial charge in [0.25, 0.3) is 0 Å². The van der Waals surface area contributed by atoms with E-state index in [9.17, 15) is 9.18 Å². The number of carbonyl (C=O) groups is 1. The summed E-state index contributed by atoms with van der Waals surface area (Å²) in [4.78, 5) is 21.4. The Morgan fingerprint density at radius 1 is 1.15 bits per heavy atom. The van der Waals surface area contributed by atoms with E-state index in [-0.39, 0.29) is 10.9 Å². The summed E-state index contributed by atoms with van der Waals surface area (Å²) in [7, 11) is 0. The van der Waals surface area contributed by atoms with Crippen LogP contribution in [0, 0.1) is 12.7 Å². The fourth-order valence-electron chi connectivity index (χ4n) is 2.39. The zero-order valence-electron chi connectivity index (χ0n) is 14.7. The molecule has 0 radical (unpaired) electrons. The number of thioether (sulfide) groups is 1. The number of benzene rings is 2. The van der Waals surface area contributed by atoms with Gasteiger partial charge in [0, 0.05) is 11.3 Å². The lowest BCUT2D eigenvalue weighted by molar-refractivity contribution is -0.115. The van der Waals surface area contributed by atoms with Crippen LogP contribution in [0.25, 0.3) is 11.3 Å². The summed E-state index contributed by atoms with van der Waals surface area (Å²) in [6.07, 6.45) is 0. The van der Waals surface area contributed by atoms with Crippen LogP contribution < -0.4 is 5.32 Å². The van der Waals surface area contributed by atoms with Crippen molar-refractivity contribution in [2.24, 2.45) is 0 Å². The van der Waals surface area contributed by atoms with Crippen LogP contribution in [0.5, 0.6) is 0 Å². The SMILES string of the molecule is Cc1cc(-c2ccccc2)nc(S[C@@H](C)C(=O)Nc2ccc(F)cc2Cl)n1. The van der Waals surface area contributed by atoms with Gasteiger partial charge in [-0.2, -0.15) is 0 Å². The van der Waals surface area contributed by atoms with Crippen molar-refractivity contribution in [1.29, 1.82) is 0 Å². The van der Waals surface area contributed by atoms with Crippen LogP contribution in [0.4, 0.5) is 10.1 Å². The molecule has 2 aromatic carbocycles. The summed E-state index contributed by atoms with van der Waals surface area (Å²) in [5.41, 5.74) is 2.98. The van der Waals surface area contributed by atoms with E-state index < -0.39 is 11.1 Å². The second-order valence-corrected chi connectivity index (χ2v) is 7.63. The Labute approximate surface area is 166 Å². The van der Waals surface area contributed by atoms with Crippen LogP contribution >= 0.6 is 23.4 Å². The molecule has 1 amide bonds. The Balaban J connectivity index is 1.74. The molecule has 1 heterocycles. The lowest BCUT2D eigenvalue weighted by Crippen LogP contribution is -2.23. The average molecular weight is 402 g/mol. The highest BCUT2D eigenvalue weighted by Gasteiger charge is 2.18. The maximum atomic E-state index is 13.1. The van der Waals surface area contributed by atoms with E-state index in [1.165, 1.54) is 23.9 Å². The lowest BCUT2D eigenvalue weighted by atomic mass is 10.1. The van der Waals surface area contributed by atoms with Gasteiger partial charge in [0.05, 0.1) is 21.7 Å². The highest BCUT2D eigenvalue weighted by molar-refractivity contribution is 8.00. The van der Waals surface area contributed by atoms with E-state index in [4.69, 9.17) is 11.6 Å². The number of carbonyl (C=O) groups excluding carboxylic acids is 1. The topological polar surface area (TPSA) is 54.9 Å². The minimum absolute atomic E-state index is 0.152. The Bertz CT molecular complexity index is 969. The first-order valence-electron chi connectivity index (χ1n) is 8.26. The molecule has 7 heteroatoms. The van der Waals surface area contributed by atoms with E-state index in [2.05, 4.69) is 15.3 Å². The second kappa shape index (κ2) is 8.50. The summed E-state index contributed by atoms with van der Waals surface area (Å²) < 4.78 is 13.1. The summed E-state index contributed by atoms with van der Waals surface area (Å²) in [5.74, 6) is -0.720. The minimum atomic E-state index is -0.462. The molecule has 0 aliphatic heterocycles. The van der Waals surface area contributed by atoms with Gasteiger partial charge in [0.1, 0.15) is 5.82 Å². The maximum absolute atomic E-state index is 13.1. The van der Waals surface area contributed by atoms with Crippen molar-refractivity contribution in [2.45, 2.75) is 24.3 Å². The number of nitrogens with zero attached hydrogens (tertiary/aromatic N) is 2. The molecule has 3 aromatic rings. The molecule has 27 heavy (non-hydrogen) atoms. The van der Waals surface area contributed by atoms with Crippen molar-refractivity contribution < 1.29 is 9.18 Å². The third-order valence-corrected chi connectivity index (χ3v) is 5.02. The van der Waals surface area contributed by atoms with Crippen molar-refractivity contribution >= 4 is 35.0 Å². The molecular weight excluding hydrogens is 385 g/mol. The molecule has 1 atom stereocenters. The number of amides is 1. The minimum Gasteiger partial charge on any atom is -0.324 e. The number of hydrogen-bond donors (Lipinski definition) is 1. The van der Waals surface area contributed by atoms with Crippen LogP contribution in [0.15, 0.2) is 59.8 Å². The number of nitrogens with one attached hydrogen (secondary N) is 1. The fraction of sp³-hybridized carbons (Fsp3) is 0.150. The molecule has 0 aliphatic rings. The van der Waals surface area contributed by atoms with E-state index in [0.717, 1.165) is 23.0 Å². The summed E-state index contributed by atoms with van der Waals surface area (Å²) >= 11 is 7.21. The maximum Gasteiger partial charge on any atom is 0.237 e. The van der Waals surface area contributed by atoms with Crippen LogP contribution in [-0.4, -0.2) is 21.1 Å². The summed E-state index contributed by atoms with van der Waals surface area (Å²) in [6, 6.07) is 15.5. The van der Waals surface area contributed by atoms with Gasteiger partial charge < -0.3 is 5.32 Å². The molecule has 3 rings (SSSR count). The third-order valence-electron chi connectivity index (χ3n) is 3.74. The highest BCUT2D eigenvalue weighted by Crippen LogP contribution is 2.27. The van der Waals surface area contributed by atoms with Gasteiger partial charge >= 0.3 is 0 Å². The molecule has 0 aliphatic carbocycles. The van der Waals surface area contributed by atoms with E-state index in [0.29, 0.717) is 10.8 Å². The first-order valence-corrected chi connectivity index (χ1v) is 9.52. The van der Waals surface area contributed by atoms with Crippen LogP contribution in [-0.2, 0) is 4.79 Å². The van der Waals surface area contributed by atoms with Gasteiger partial charge in [-0.05, 0) is 38.1 Å². The molecule has 0 unspecified atom stereocenters. The van der Waals surface area contributed by atoms with Gasteiger partial charge in [-0.1, -0.05) is 53.7 Å². The zero-order valence-corrected chi connectivity index (χ0v) is 16.3. The van der Waals surface area contributed by atoms with Crippen molar-refractivity contribution in [3.63, 3.8) is 0 Å². The quantitative estimate of drug-likeness (QED) is 0.461. The van der Waals surface area contributed by atoms with Crippen LogP contribution in [0.2, 0.25) is 5.02 Å². The number of halogens is 2. The Kier molecular flexibility index (Phi) is 6.08. The predicted octanol–water partition coefficient (Wildman–Crippen LogP) is 5.36. The predicted molar refractivity (Wildman–Crippen MR) is 108 cm³/mol. The summed E-state index contributed by atoms with van der Waals surface area (Å²) in [6.45, 7) is 3.65. The van der Waals surface area contributed by atoms with Gasteiger partial charge in [0.2, 0.25) is 5.91 Å². The van der Waals surface area contributed by atoms with E-state index in [1.807, 2.05) is 43.3 Å². The molecule has 0 bridgehead atoms. The smallest absolute Gasteiger partial charge is 0.237 e. The Morgan fingerprint density at radius 2 is 1.89 bits per heavy atom. The Morgan fingerprint density at radius 3 is 2.59 bits per heavy atom. The first kappa shape index (κ1) is 19.3. The molecular formula is C20H17ClFN3OS. The number of anilines is 1. The third kappa shape index (κ3) is 5.05. The van der Waals surface area contributed by atoms with Crippen LogP contribution in [0.3, 0.4) is 0 Å². The van der Waals surface area contributed by atoms with Crippen molar-refractivity contribution in [3.05, 3.63) is 71.1 Å². The lowest BCUT2D eigenvalue weighted by Gasteiger charge is -2.13. The fourth-order valence-corrected chi connectivity index (χ4v) is 3.43. The average Bonchev–Trinajstić information content (AvgIpc) is 2.64. The molecule has 0 spiro atoms. The van der Waals surface area contributed by atoms with Gasteiger partial charge in [0.15, 0.2) is 5.16 Å². The zero-order chi connectivity index (χ0) is 19.4. The van der Waals surface area contributed by atoms with Gasteiger partial charge in [-0.25, -0.2) is 14.4 Å². The van der Waals surface area contributed by atoms with Crippen molar-refractivity contribution in [1.82, 2.24) is 9.97 Å².